The Morgan fingerprint density at radius 3 is 2.59 bits per heavy atom. The number of aliphatic imine (C=N–C) groups is 1. The zero-order valence-electron chi connectivity index (χ0n) is 18.3. The van der Waals surface area contributed by atoms with Gasteiger partial charge in [-0.2, -0.15) is 0 Å². The van der Waals surface area contributed by atoms with E-state index in [1.165, 1.54) is 0 Å². The van der Waals surface area contributed by atoms with Crippen molar-refractivity contribution in [1.29, 1.82) is 0 Å². The van der Waals surface area contributed by atoms with Crippen LogP contribution in [0, 0.1) is 0 Å². The van der Waals surface area contributed by atoms with Crippen LogP contribution in [-0.4, -0.2) is 19.0 Å². The van der Waals surface area contributed by atoms with Gasteiger partial charge in [-0.15, -0.1) is 0 Å². The lowest BCUT2D eigenvalue weighted by Crippen LogP contribution is -2.05. The minimum Gasteiger partial charge on any atom is -0.493 e. The predicted octanol–water partition coefficient (Wildman–Crippen LogP) is 6.43. The molecular formula is C28H20ClNO4. The molecular weight excluding hydrogens is 450 g/mol. The Balaban J connectivity index is 1.47. The van der Waals surface area contributed by atoms with Crippen molar-refractivity contribution in [3.8, 4) is 11.5 Å². The number of hydrogen-bond donors (Lipinski definition) is 0. The molecule has 1 aliphatic heterocycles. The molecule has 6 heteroatoms. The summed E-state index contributed by atoms with van der Waals surface area (Å²) in [6, 6.07) is 26.7. The molecule has 0 radical (unpaired) electrons. The summed E-state index contributed by atoms with van der Waals surface area (Å²) >= 11 is 6.09. The van der Waals surface area contributed by atoms with E-state index in [2.05, 4.69) is 4.99 Å². The number of ether oxygens (including phenoxy) is 3. The van der Waals surface area contributed by atoms with Crippen LogP contribution in [0.4, 0.5) is 0 Å². The van der Waals surface area contributed by atoms with Gasteiger partial charge >= 0.3 is 5.97 Å². The minimum absolute atomic E-state index is 0.184. The molecule has 4 aromatic carbocycles. The Hall–Kier alpha value is -4.09. The van der Waals surface area contributed by atoms with Gasteiger partial charge in [-0.05, 0) is 52.7 Å². The lowest BCUT2D eigenvalue weighted by molar-refractivity contribution is -0.129. The fraction of sp³-hybridized carbons (Fsp3) is 0.0714. The summed E-state index contributed by atoms with van der Waals surface area (Å²) in [5.41, 5.74) is 2.48. The van der Waals surface area contributed by atoms with E-state index in [-0.39, 0.29) is 18.2 Å². The first-order valence-corrected chi connectivity index (χ1v) is 11.0. The van der Waals surface area contributed by atoms with Gasteiger partial charge in [0.15, 0.2) is 17.2 Å². The third-order valence-corrected chi connectivity index (χ3v) is 5.65. The summed E-state index contributed by atoms with van der Waals surface area (Å²) in [6.45, 7) is 0.285. The number of esters is 1. The lowest BCUT2D eigenvalue weighted by atomic mass is 10.1. The van der Waals surface area contributed by atoms with Crippen LogP contribution in [0.3, 0.4) is 0 Å². The van der Waals surface area contributed by atoms with Gasteiger partial charge in [-0.3, -0.25) is 0 Å². The van der Waals surface area contributed by atoms with Crippen molar-refractivity contribution < 1.29 is 19.0 Å². The van der Waals surface area contributed by atoms with Crippen molar-refractivity contribution in [3.63, 3.8) is 0 Å². The second-order valence-electron chi connectivity index (χ2n) is 7.70. The van der Waals surface area contributed by atoms with Crippen LogP contribution in [-0.2, 0) is 16.1 Å². The van der Waals surface area contributed by atoms with Crippen molar-refractivity contribution in [2.75, 3.05) is 7.11 Å². The molecule has 5 nitrogen and oxygen atoms in total. The van der Waals surface area contributed by atoms with Gasteiger partial charge < -0.3 is 14.2 Å². The molecule has 34 heavy (non-hydrogen) atoms. The Morgan fingerprint density at radius 2 is 1.76 bits per heavy atom. The first-order valence-electron chi connectivity index (χ1n) is 10.7. The maximum Gasteiger partial charge on any atom is 0.363 e. The highest BCUT2D eigenvalue weighted by molar-refractivity contribution is 6.30. The van der Waals surface area contributed by atoms with E-state index in [0.717, 1.165) is 21.9 Å². The third-order valence-electron chi connectivity index (χ3n) is 5.41. The SMILES string of the molecule is COc1cccc(/C=C2\N=C(c3ccc4ccccc4c3)OC2=O)c1OCc1cccc(Cl)c1. The quantitative estimate of drug-likeness (QED) is 0.241. The fourth-order valence-electron chi connectivity index (χ4n) is 3.75. The predicted molar refractivity (Wildman–Crippen MR) is 133 cm³/mol. The average molecular weight is 470 g/mol. The zero-order chi connectivity index (χ0) is 23.5. The monoisotopic (exact) mass is 469 g/mol. The molecule has 0 saturated heterocycles. The molecule has 4 aromatic rings. The summed E-state index contributed by atoms with van der Waals surface area (Å²) in [6.07, 6.45) is 1.65. The van der Waals surface area contributed by atoms with Crippen molar-refractivity contribution in [2.24, 2.45) is 4.99 Å². The van der Waals surface area contributed by atoms with Gasteiger partial charge in [-0.1, -0.05) is 66.2 Å². The van der Waals surface area contributed by atoms with Crippen LogP contribution in [0.15, 0.2) is 95.6 Å². The van der Waals surface area contributed by atoms with E-state index in [9.17, 15) is 4.79 Å². The number of fused-ring (bicyclic) bond motifs is 1. The molecule has 1 aliphatic rings. The van der Waals surface area contributed by atoms with Crippen LogP contribution >= 0.6 is 11.6 Å². The smallest absolute Gasteiger partial charge is 0.363 e. The van der Waals surface area contributed by atoms with Crippen molar-refractivity contribution in [3.05, 3.63) is 112 Å². The highest BCUT2D eigenvalue weighted by Gasteiger charge is 2.25. The summed E-state index contributed by atoms with van der Waals surface area (Å²) in [7, 11) is 1.57. The van der Waals surface area contributed by atoms with Gasteiger partial charge in [-0.25, -0.2) is 9.79 Å². The number of para-hydroxylation sites is 1. The number of nitrogens with zero attached hydrogens (tertiary/aromatic N) is 1. The Bertz CT molecular complexity index is 1460. The molecule has 0 saturated carbocycles. The highest BCUT2D eigenvalue weighted by atomic mass is 35.5. The van der Waals surface area contributed by atoms with Gasteiger partial charge in [0, 0.05) is 16.1 Å². The number of rotatable bonds is 6. The van der Waals surface area contributed by atoms with Crippen molar-refractivity contribution in [1.82, 2.24) is 0 Å². The molecule has 0 N–H and O–H groups in total. The minimum atomic E-state index is -0.522. The number of halogens is 1. The van der Waals surface area contributed by atoms with Gasteiger partial charge in [0.05, 0.1) is 7.11 Å². The summed E-state index contributed by atoms with van der Waals surface area (Å²) < 4.78 is 17.0. The first-order chi connectivity index (χ1) is 16.6. The zero-order valence-corrected chi connectivity index (χ0v) is 19.1. The van der Waals surface area contributed by atoms with E-state index in [4.69, 9.17) is 25.8 Å². The number of hydrogen-bond acceptors (Lipinski definition) is 5. The van der Waals surface area contributed by atoms with Gasteiger partial charge in [0.25, 0.3) is 0 Å². The number of cyclic esters (lactones) is 1. The van der Waals surface area contributed by atoms with E-state index in [0.29, 0.717) is 22.1 Å². The molecule has 168 valence electrons. The van der Waals surface area contributed by atoms with E-state index in [1.807, 2.05) is 72.8 Å². The molecule has 5 rings (SSSR count). The van der Waals surface area contributed by atoms with E-state index in [1.54, 1.807) is 25.3 Å². The van der Waals surface area contributed by atoms with Crippen LogP contribution in [0.5, 0.6) is 11.5 Å². The Kier molecular flexibility index (Phi) is 6.02. The Labute approximate surface area is 201 Å². The second kappa shape index (κ2) is 9.41. The number of carbonyl (C=O) groups excluding carboxylic acids is 1. The van der Waals surface area contributed by atoms with Crippen molar-refractivity contribution in [2.45, 2.75) is 6.61 Å². The average Bonchev–Trinajstić information content (AvgIpc) is 3.22. The van der Waals surface area contributed by atoms with Crippen LogP contribution in [0.1, 0.15) is 16.7 Å². The second-order valence-corrected chi connectivity index (χ2v) is 8.13. The molecule has 0 aliphatic carbocycles. The summed E-state index contributed by atoms with van der Waals surface area (Å²) in [5, 5.41) is 2.78. The van der Waals surface area contributed by atoms with Crippen molar-refractivity contribution >= 4 is 40.3 Å². The molecule has 0 amide bonds. The van der Waals surface area contributed by atoms with Gasteiger partial charge in [0.2, 0.25) is 5.90 Å². The van der Waals surface area contributed by atoms with Gasteiger partial charge in [0.1, 0.15) is 6.61 Å². The van der Waals surface area contributed by atoms with E-state index >= 15 is 0 Å². The molecule has 0 unspecified atom stereocenters. The molecule has 0 aromatic heterocycles. The van der Waals surface area contributed by atoms with Crippen LogP contribution in [0.25, 0.3) is 16.8 Å². The number of carbonyl (C=O) groups is 1. The standard InChI is InChI=1S/C28H20ClNO4/c1-32-25-11-5-9-21(26(25)33-17-18-6-4-10-23(29)14-18)16-24-28(31)34-27(30-24)22-13-12-19-7-2-3-8-20(19)15-22/h2-16H,17H2,1H3/b24-16-. The molecule has 0 spiro atoms. The maximum absolute atomic E-state index is 12.6. The summed E-state index contributed by atoms with van der Waals surface area (Å²) in [4.78, 5) is 17.1. The molecule has 0 atom stereocenters. The normalized spacial score (nSPS) is 14.2. The first kappa shape index (κ1) is 21.7. The number of methoxy groups -OCH3 is 1. The molecule has 1 heterocycles. The van der Waals surface area contributed by atoms with Crippen LogP contribution in [0.2, 0.25) is 5.02 Å². The molecule has 0 fully saturated rings. The maximum atomic E-state index is 12.6. The van der Waals surface area contributed by atoms with Crippen LogP contribution < -0.4 is 9.47 Å². The lowest BCUT2D eigenvalue weighted by Gasteiger charge is -2.13. The summed E-state index contributed by atoms with van der Waals surface area (Å²) in [5.74, 6) is 0.791. The Morgan fingerprint density at radius 1 is 0.941 bits per heavy atom. The topological polar surface area (TPSA) is 57.1 Å². The number of benzene rings is 4. The highest BCUT2D eigenvalue weighted by Crippen LogP contribution is 2.34. The third kappa shape index (κ3) is 4.51. The fourth-order valence-corrected chi connectivity index (χ4v) is 3.96. The molecule has 0 bridgehead atoms. The largest absolute Gasteiger partial charge is 0.493 e. The van der Waals surface area contributed by atoms with E-state index < -0.39 is 5.97 Å².